The molecule has 0 bridgehead atoms. The number of rotatable bonds is 10. The molecule has 0 saturated heterocycles. The van der Waals surface area contributed by atoms with Crippen LogP contribution in [0.5, 0.6) is 0 Å². The van der Waals surface area contributed by atoms with Crippen LogP contribution in [0.25, 0.3) is 0 Å². The van der Waals surface area contributed by atoms with E-state index >= 15 is 0 Å². The van der Waals surface area contributed by atoms with Gasteiger partial charge in [0.2, 0.25) is 0 Å². The van der Waals surface area contributed by atoms with Gasteiger partial charge < -0.3 is 4.74 Å². The van der Waals surface area contributed by atoms with Crippen LogP contribution in [0.1, 0.15) is 58.3 Å². The van der Waals surface area contributed by atoms with Gasteiger partial charge in [0.1, 0.15) is 0 Å². The van der Waals surface area contributed by atoms with Crippen molar-refractivity contribution in [2.24, 2.45) is 0 Å². The predicted molar refractivity (Wildman–Crippen MR) is 67.4 cm³/mol. The lowest BCUT2D eigenvalue weighted by Crippen LogP contribution is -2.05. The van der Waals surface area contributed by atoms with E-state index in [4.69, 9.17) is 4.74 Å². The Kier molecular flexibility index (Phi) is 12.0. The number of carbonyl (C=O) groups is 1. The molecule has 2 nitrogen and oxygen atoms in total. The average molecular weight is 279 g/mol. The molecule has 0 aliphatic rings. The quantitative estimate of drug-likeness (QED) is 0.342. The Hall–Kier alpha value is -0.0500. The summed E-state index contributed by atoms with van der Waals surface area (Å²) in [6.07, 6.45) is 8.56. The summed E-state index contributed by atoms with van der Waals surface area (Å²) in [5.41, 5.74) is 0. The number of hydrogen-bond acceptors (Lipinski definition) is 2. The van der Waals surface area contributed by atoms with Crippen LogP contribution >= 0.6 is 15.9 Å². The first-order chi connectivity index (χ1) is 7.31. The van der Waals surface area contributed by atoms with E-state index in [1.807, 2.05) is 0 Å². The van der Waals surface area contributed by atoms with Gasteiger partial charge in [0.15, 0.2) is 0 Å². The second-order valence-electron chi connectivity index (χ2n) is 3.78. The molecule has 0 aliphatic heterocycles. The van der Waals surface area contributed by atoms with Gasteiger partial charge in [-0.15, -0.1) is 0 Å². The average Bonchev–Trinajstić information content (AvgIpc) is 2.23. The second kappa shape index (κ2) is 12.0. The normalized spacial score (nSPS) is 10.3. The van der Waals surface area contributed by atoms with Crippen LogP contribution in [0, 0.1) is 0 Å². The molecule has 0 spiro atoms. The van der Waals surface area contributed by atoms with E-state index in [9.17, 15) is 4.79 Å². The molecule has 0 aromatic carbocycles. The van der Waals surface area contributed by atoms with Crippen LogP contribution in [0.4, 0.5) is 0 Å². The molecule has 0 fully saturated rings. The minimum Gasteiger partial charge on any atom is -0.466 e. The van der Waals surface area contributed by atoms with Gasteiger partial charge in [-0.3, -0.25) is 4.79 Å². The van der Waals surface area contributed by atoms with Crippen molar-refractivity contribution in [3.8, 4) is 0 Å². The summed E-state index contributed by atoms with van der Waals surface area (Å²) < 4.78 is 5.11. The fourth-order valence-corrected chi connectivity index (χ4v) is 1.72. The van der Waals surface area contributed by atoms with Gasteiger partial charge >= 0.3 is 5.97 Å². The van der Waals surface area contributed by atoms with Crippen molar-refractivity contribution in [2.45, 2.75) is 58.3 Å². The summed E-state index contributed by atoms with van der Waals surface area (Å²) in [7, 11) is 0. The highest BCUT2D eigenvalue weighted by atomic mass is 79.9. The molecular formula is C12H23BrO2. The molecule has 3 heteroatoms. The molecule has 90 valence electrons. The van der Waals surface area contributed by atoms with Gasteiger partial charge in [-0.1, -0.05) is 48.5 Å². The largest absolute Gasteiger partial charge is 0.466 e. The van der Waals surface area contributed by atoms with E-state index in [0.29, 0.717) is 13.0 Å². The zero-order valence-electron chi connectivity index (χ0n) is 9.77. The predicted octanol–water partition coefficient (Wildman–Crippen LogP) is 4.07. The molecule has 0 amide bonds. The maximum Gasteiger partial charge on any atom is 0.305 e. The number of carbonyl (C=O) groups excluding carboxylic acids is 1. The molecule has 0 aliphatic carbocycles. The first-order valence-corrected chi connectivity index (χ1v) is 7.15. The Morgan fingerprint density at radius 3 is 2.47 bits per heavy atom. The minimum absolute atomic E-state index is 0.0357. The van der Waals surface area contributed by atoms with Crippen molar-refractivity contribution in [3.63, 3.8) is 0 Å². The molecule has 0 atom stereocenters. The maximum atomic E-state index is 11.2. The molecule has 0 unspecified atom stereocenters. The van der Waals surface area contributed by atoms with Gasteiger partial charge in [0.05, 0.1) is 6.61 Å². The van der Waals surface area contributed by atoms with E-state index in [-0.39, 0.29) is 5.97 Å². The highest BCUT2D eigenvalue weighted by molar-refractivity contribution is 9.09. The molecule has 0 radical (unpaired) electrons. The van der Waals surface area contributed by atoms with Gasteiger partial charge in [0.25, 0.3) is 0 Å². The lowest BCUT2D eigenvalue weighted by molar-refractivity contribution is -0.143. The molecule has 0 N–H and O–H groups in total. The number of ether oxygens (including phenoxy) is 1. The third-order valence-corrected chi connectivity index (χ3v) is 2.84. The maximum absolute atomic E-state index is 11.2. The molecule has 0 rings (SSSR count). The molecule has 0 aromatic heterocycles. The topological polar surface area (TPSA) is 26.3 Å². The Labute approximate surface area is 102 Å². The Balaban J connectivity index is 3.10. The summed E-state index contributed by atoms with van der Waals surface area (Å²) in [5, 5.41) is 0.970. The summed E-state index contributed by atoms with van der Waals surface area (Å²) in [6, 6.07) is 0. The van der Waals surface area contributed by atoms with E-state index in [2.05, 4.69) is 22.9 Å². The molecule has 0 aromatic rings. The van der Waals surface area contributed by atoms with Crippen LogP contribution in [-0.2, 0) is 9.53 Å². The molecule has 15 heavy (non-hydrogen) atoms. The van der Waals surface area contributed by atoms with Crippen molar-refractivity contribution >= 4 is 21.9 Å². The van der Waals surface area contributed by atoms with Crippen molar-refractivity contribution < 1.29 is 9.53 Å². The van der Waals surface area contributed by atoms with Crippen LogP contribution in [0.2, 0.25) is 0 Å². The lowest BCUT2D eigenvalue weighted by atomic mass is 10.2. The van der Waals surface area contributed by atoms with E-state index in [1.165, 1.54) is 25.7 Å². The summed E-state index contributed by atoms with van der Waals surface area (Å²) in [4.78, 5) is 11.2. The zero-order valence-corrected chi connectivity index (χ0v) is 11.4. The summed E-state index contributed by atoms with van der Waals surface area (Å²) >= 11 is 3.34. The Morgan fingerprint density at radius 2 is 1.80 bits per heavy atom. The van der Waals surface area contributed by atoms with E-state index < -0.39 is 0 Å². The number of unbranched alkanes of at least 4 members (excludes halogenated alkanes) is 5. The zero-order chi connectivity index (χ0) is 11.4. The highest BCUT2D eigenvalue weighted by Crippen LogP contribution is 2.04. The fraction of sp³-hybridized carbons (Fsp3) is 0.917. The molecule has 0 heterocycles. The van der Waals surface area contributed by atoms with Crippen molar-refractivity contribution in [1.82, 2.24) is 0 Å². The Bertz CT molecular complexity index is 149. The highest BCUT2D eigenvalue weighted by Gasteiger charge is 2.01. The van der Waals surface area contributed by atoms with Crippen molar-refractivity contribution in [2.75, 3.05) is 11.9 Å². The van der Waals surface area contributed by atoms with Gasteiger partial charge in [-0.2, -0.15) is 0 Å². The lowest BCUT2D eigenvalue weighted by Gasteiger charge is -2.04. The van der Waals surface area contributed by atoms with E-state index in [1.54, 1.807) is 0 Å². The van der Waals surface area contributed by atoms with Gasteiger partial charge in [-0.05, 0) is 19.3 Å². The van der Waals surface area contributed by atoms with Crippen LogP contribution in [0.15, 0.2) is 0 Å². The van der Waals surface area contributed by atoms with Crippen molar-refractivity contribution in [1.29, 1.82) is 0 Å². The number of hydrogen-bond donors (Lipinski definition) is 0. The van der Waals surface area contributed by atoms with Crippen LogP contribution in [0.3, 0.4) is 0 Å². The van der Waals surface area contributed by atoms with E-state index in [0.717, 1.165) is 24.6 Å². The number of alkyl halides is 1. The Morgan fingerprint density at radius 1 is 1.07 bits per heavy atom. The number of halogens is 1. The first kappa shape index (κ1) is 14.9. The smallest absolute Gasteiger partial charge is 0.305 e. The second-order valence-corrected chi connectivity index (χ2v) is 4.57. The third-order valence-electron chi connectivity index (χ3n) is 2.28. The van der Waals surface area contributed by atoms with Crippen molar-refractivity contribution in [3.05, 3.63) is 0 Å². The number of esters is 1. The van der Waals surface area contributed by atoms with Gasteiger partial charge in [0, 0.05) is 11.8 Å². The molecule has 0 saturated carbocycles. The fourth-order valence-electron chi connectivity index (χ4n) is 1.33. The molecular weight excluding hydrogens is 256 g/mol. The monoisotopic (exact) mass is 278 g/mol. The minimum atomic E-state index is -0.0357. The van der Waals surface area contributed by atoms with Gasteiger partial charge in [-0.25, -0.2) is 0 Å². The first-order valence-electron chi connectivity index (χ1n) is 6.02. The van der Waals surface area contributed by atoms with Crippen LogP contribution in [-0.4, -0.2) is 17.9 Å². The summed E-state index contributed by atoms with van der Waals surface area (Å²) in [6.45, 7) is 2.81. The van der Waals surface area contributed by atoms with Crippen LogP contribution < -0.4 is 0 Å². The third kappa shape index (κ3) is 11.9. The SMILES string of the molecule is CCCCCCCOC(=O)CCCCBr. The summed E-state index contributed by atoms with van der Waals surface area (Å²) in [5.74, 6) is -0.0357. The standard InChI is InChI=1S/C12H23BrO2/c1-2-3-4-5-8-11-15-12(14)9-6-7-10-13/h2-11H2,1H3.